The highest BCUT2D eigenvalue weighted by Gasteiger charge is 2.31. The van der Waals surface area contributed by atoms with Crippen molar-refractivity contribution >= 4 is 6.09 Å². The average molecular weight is 368 g/mol. The number of hydrogen-bond acceptors (Lipinski definition) is 4. The van der Waals surface area contributed by atoms with E-state index in [1.165, 1.54) is 5.56 Å². The maximum atomic E-state index is 11.8. The Hall–Kier alpha value is -2.37. The second-order valence-corrected chi connectivity index (χ2v) is 7.22. The number of nitrogens with one attached hydrogen (secondary N) is 1. The molecule has 2 N–H and O–H groups in total. The van der Waals surface area contributed by atoms with Gasteiger partial charge in [0.25, 0.3) is 0 Å². The summed E-state index contributed by atoms with van der Waals surface area (Å²) >= 11 is 0. The van der Waals surface area contributed by atoms with E-state index in [-0.39, 0.29) is 6.61 Å². The number of likely N-dealkylation sites (tertiary alicyclic amines) is 1. The molecule has 5 nitrogen and oxygen atoms in total. The average Bonchev–Trinajstić information content (AvgIpc) is 2.70. The Bertz CT molecular complexity index is 698. The number of piperidine rings is 1. The van der Waals surface area contributed by atoms with Crippen LogP contribution >= 0.6 is 0 Å². The topological polar surface area (TPSA) is 61.8 Å². The van der Waals surface area contributed by atoms with Gasteiger partial charge >= 0.3 is 6.09 Å². The zero-order valence-corrected chi connectivity index (χ0v) is 15.6. The van der Waals surface area contributed by atoms with Gasteiger partial charge in [-0.15, -0.1) is 0 Å². The van der Waals surface area contributed by atoms with Crippen LogP contribution in [-0.2, 0) is 17.9 Å². The lowest BCUT2D eigenvalue weighted by Gasteiger charge is -2.38. The minimum atomic E-state index is -0.708. The van der Waals surface area contributed by atoms with Crippen molar-refractivity contribution in [2.24, 2.45) is 0 Å². The largest absolute Gasteiger partial charge is 0.445 e. The summed E-state index contributed by atoms with van der Waals surface area (Å²) < 4.78 is 5.19. The summed E-state index contributed by atoms with van der Waals surface area (Å²) in [5, 5.41) is 13.5. The molecule has 0 atom stereocenters. The first-order chi connectivity index (χ1) is 13.1. The monoisotopic (exact) mass is 368 g/mol. The van der Waals surface area contributed by atoms with E-state index in [1.807, 2.05) is 36.4 Å². The summed E-state index contributed by atoms with van der Waals surface area (Å²) in [4.78, 5) is 14.2. The molecule has 1 saturated heterocycles. The van der Waals surface area contributed by atoms with Gasteiger partial charge in [-0.1, -0.05) is 60.7 Å². The minimum Gasteiger partial charge on any atom is -0.445 e. The molecule has 5 heteroatoms. The van der Waals surface area contributed by atoms with Crippen LogP contribution in [0.3, 0.4) is 0 Å². The Kier molecular flexibility index (Phi) is 6.85. The lowest BCUT2D eigenvalue weighted by molar-refractivity contribution is -0.0286. The number of alkyl carbamates (subject to hydrolysis) is 1. The number of ether oxygens (including phenoxy) is 1. The van der Waals surface area contributed by atoms with E-state index in [1.54, 1.807) is 0 Å². The smallest absolute Gasteiger partial charge is 0.407 e. The maximum Gasteiger partial charge on any atom is 0.407 e. The molecule has 0 aromatic heterocycles. The quantitative estimate of drug-likeness (QED) is 0.787. The Morgan fingerprint density at radius 3 is 2.22 bits per heavy atom. The van der Waals surface area contributed by atoms with Crippen LogP contribution in [0.15, 0.2) is 60.7 Å². The van der Waals surface area contributed by atoms with Gasteiger partial charge in [-0.05, 0) is 30.4 Å². The summed E-state index contributed by atoms with van der Waals surface area (Å²) in [5.41, 5.74) is 1.54. The van der Waals surface area contributed by atoms with E-state index < -0.39 is 11.7 Å². The molecule has 1 heterocycles. The molecule has 0 radical (unpaired) electrons. The van der Waals surface area contributed by atoms with E-state index in [9.17, 15) is 9.90 Å². The van der Waals surface area contributed by atoms with Crippen LogP contribution in [0, 0.1) is 0 Å². The Morgan fingerprint density at radius 1 is 1.00 bits per heavy atom. The number of rotatable bonds is 7. The van der Waals surface area contributed by atoms with Gasteiger partial charge in [0.2, 0.25) is 0 Å². The van der Waals surface area contributed by atoms with Crippen LogP contribution in [0.2, 0.25) is 0 Å². The van der Waals surface area contributed by atoms with Gasteiger partial charge < -0.3 is 15.2 Å². The van der Waals surface area contributed by atoms with Crippen molar-refractivity contribution in [1.29, 1.82) is 0 Å². The van der Waals surface area contributed by atoms with Gasteiger partial charge in [0.05, 0.1) is 5.60 Å². The van der Waals surface area contributed by atoms with E-state index in [4.69, 9.17) is 4.74 Å². The summed E-state index contributed by atoms with van der Waals surface area (Å²) in [6, 6.07) is 20.0. The predicted octanol–water partition coefficient (Wildman–Crippen LogP) is 3.33. The van der Waals surface area contributed by atoms with Crippen molar-refractivity contribution < 1.29 is 14.6 Å². The number of carbonyl (C=O) groups excluding carboxylic acids is 1. The van der Waals surface area contributed by atoms with Crippen molar-refractivity contribution in [3.63, 3.8) is 0 Å². The normalized spacial score (nSPS) is 16.6. The lowest BCUT2D eigenvalue weighted by atomic mass is 9.88. The number of aliphatic hydroxyl groups is 1. The lowest BCUT2D eigenvalue weighted by Crippen LogP contribution is -2.45. The van der Waals surface area contributed by atoms with Gasteiger partial charge in [0.15, 0.2) is 0 Å². The SMILES string of the molecule is O=C(NCCC1(O)CCN(Cc2ccccc2)CC1)OCc1ccccc1. The van der Waals surface area contributed by atoms with Crippen LogP contribution in [0.1, 0.15) is 30.4 Å². The Morgan fingerprint density at radius 2 is 1.59 bits per heavy atom. The third kappa shape index (κ3) is 6.38. The summed E-state index contributed by atoms with van der Waals surface area (Å²) in [6.45, 7) is 3.32. The highest BCUT2D eigenvalue weighted by Crippen LogP contribution is 2.26. The molecule has 1 aliphatic rings. The molecule has 0 aliphatic carbocycles. The standard InChI is InChI=1S/C22H28N2O3/c25-21(27-18-20-9-5-2-6-10-20)23-14-11-22(26)12-15-24(16-13-22)17-19-7-3-1-4-8-19/h1-10,26H,11-18H2,(H,23,25). The fourth-order valence-corrected chi connectivity index (χ4v) is 3.39. The van der Waals surface area contributed by atoms with Crippen molar-refractivity contribution in [2.75, 3.05) is 19.6 Å². The highest BCUT2D eigenvalue weighted by atomic mass is 16.5. The Balaban J connectivity index is 1.33. The molecule has 0 spiro atoms. The first kappa shape index (κ1) is 19.4. The molecule has 144 valence electrons. The molecule has 3 rings (SSSR count). The predicted molar refractivity (Wildman–Crippen MR) is 105 cm³/mol. The molecular weight excluding hydrogens is 340 g/mol. The van der Waals surface area contributed by atoms with Gasteiger partial charge in [0, 0.05) is 26.2 Å². The van der Waals surface area contributed by atoms with Gasteiger partial charge in [-0.3, -0.25) is 4.90 Å². The Labute approximate surface area is 161 Å². The number of hydrogen-bond donors (Lipinski definition) is 2. The summed E-state index contributed by atoms with van der Waals surface area (Å²) in [5.74, 6) is 0. The molecular formula is C22H28N2O3. The first-order valence-corrected chi connectivity index (χ1v) is 9.56. The second kappa shape index (κ2) is 9.53. The number of benzene rings is 2. The highest BCUT2D eigenvalue weighted by molar-refractivity contribution is 5.67. The van der Waals surface area contributed by atoms with E-state index in [0.29, 0.717) is 13.0 Å². The molecule has 27 heavy (non-hydrogen) atoms. The van der Waals surface area contributed by atoms with Crippen molar-refractivity contribution in [3.05, 3.63) is 71.8 Å². The fourth-order valence-electron chi connectivity index (χ4n) is 3.39. The van der Waals surface area contributed by atoms with Gasteiger partial charge in [-0.2, -0.15) is 0 Å². The molecule has 0 saturated carbocycles. The molecule has 1 aliphatic heterocycles. The van der Waals surface area contributed by atoms with Gasteiger partial charge in [-0.25, -0.2) is 4.79 Å². The van der Waals surface area contributed by atoms with Crippen LogP contribution in [-0.4, -0.2) is 41.3 Å². The van der Waals surface area contributed by atoms with E-state index in [0.717, 1.165) is 38.0 Å². The zero-order valence-electron chi connectivity index (χ0n) is 15.6. The third-order valence-electron chi connectivity index (χ3n) is 5.11. The summed E-state index contributed by atoms with van der Waals surface area (Å²) in [6.07, 6.45) is 1.55. The van der Waals surface area contributed by atoms with Crippen LogP contribution < -0.4 is 5.32 Å². The summed E-state index contributed by atoms with van der Waals surface area (Å²) in [7, 11) is 0. The van der Waals surface area contributed by atoms with E-state index in [2.05, 4.69) is 34.5 Å². The third-order valence-corrected chi connectivity index (χ3v) is 5.11. The van der Waals surface area contributed by atoms with E-state index >= 15 is 0 Å². The van der Waals surface area contributed by atoms with Crippen molar-refractivity contribution in [1.82, 2.24) is 10.2 Å². The maximum absolute atomic E-state index is 11.8. The number of carbonyl (C=O) groups is 1. The van der Waals surface area contributed by atoms with Gasteiger partial charge in [0.1, 0.15) is 6.61 Å². The van der Waals surface area contributed by atoms with Crippen LogP contribution in [0.25, 0.3) is 0 Å². The molecule has 1 amide bonds. The second-order valence-electron chi connectivity index (χ2n) is 7.22. The molecule has 0 bridgehead atoms. The molecule has 0 unspecified atom stereocenters. The van der Waals surface area contributed by atoms with Crippen molar-refractivity contribution in [3.8, 4) is 0 Å². The van der Waals surface area contributed by atoms with Crippen molar-refractivity contribution in [2.45, 2.75) is 38.0 Å². The van der Waals surface area contributed by atoms with Crippen LogP contribution in [0.5, 0.6) is 0 Å². The molecule has 2 aromatic carbocycles. The number of nitrogens with zero attached hydrogens (tertiary/aromatic N) is 1. The minimum absolute atomic E-state index is 0.255. The first-order valence-electron chi connectivity index (χ1n) is 9.56. The fraction of sp³-hybridized carbons (Fsp3) is 0.409. The van der Waals surface area contributed by atoms with Crippen LogP contribution in [0.4, 0.5) is 4.79 Å². The number of amides is 1. The zero-order chi connectivity index (χ0) is 19.0. The molecule has 2 aromatic rings. The molecule has 1 fully saturated rings.